The van der Waals surface area contributed by atoms with Gasteiger partial charge in [-0.3, -0.25) is 9.80 Å². The number of nitrogens with one attached hydrogen (secondary N) is 1. The van der Waals surface area contributed by atoms with Gasteiger partial charge in [0.2, 0.25) is 0 Å². The molecular weight excluding hydrogens is 226 g/mol. The van der Waals surface area contributed by atoms with Crippen LogP contribution in [-0.2, 0) is 6.54 Å². The molecule has 1 aromatic rings. The Labute approximate surface area is 110 Å². The van der Waals surface area contributed by atoms with E-state index in [-0.39, 0.29) is 0 Å². The van der Waals surface area contributed by atoms with E-state index in [4.69, 9.17) is 4.42 Å². The summed E-state index contributed by atoms with van der Waals surface area (Å²) in [7, 11) is 2.22. The highest BCUT2D eigenvalue weighted by atomic mass is 16.3. The van der Waals surface area contributed by atoms with Crippen LogP contribution in [0.15, 0.2) is 23.0 Å². The van der Waals surface area contributed by atoms with E-state index in [1.54, 1.807) is 12.5 Å². The van der Waals surface area contributed by atoms with Crippen LogP contribution >= 0.6 is 0 Å². The largest absolute Gasteiger partial charge is 0.472 e. The Morgan fingerprint density at radius 1 is 1.39 bits per heavy atom. The summed E-state index contributed by atoms with van der Waals surface area (Å²) in [5, 5.41) is 3.46. The minimum Gasteiger partial charge on any atom is -0.472 e. The Morgan fingerprint density at radius 3 is 2.89 bits per heavy atom. The zero-order chi connectivity index (χ0) is 13.0. The lowest BCUT2D eigenvalue weighted by Crippen LogP contribution is -2.58. The van der Waals surface area contributed by atoms with Crippen molar-refractivity contribution in [1.29, 1.82) is 0 Å². The lowest BCUT2D eigenvalue weighted by Gasteiger charge is -2.45. The quantitative estimate of drug-likeness (QED) is 0.802. The fourth-order valence-corrected chi connectivity index (χ4v) is 2.40. The number of furan rings is 1. The molecule has 1 aromatic heterocycles. The average molecular weight is 251 g/mol. The predicted molar refractivity (Wildman–Crippen MR) is 73.6 cm³/mol. The third-order valence-electron chi connectivity index (χ3n) is 3.91. The van der Waals surface area contributed by atoms with Crippen molar-refractivity contribution in [2.45, 2.75) is 25.9 Å². The summed E-state index contributed by atoms with van der Waals surface area (Å²) in [4.78, 5) is 4.99. The lowest BCUT2D eigenvalue weighted by atomic mass is 10.00. The van der Waals surface area contributed by atoms with Crippen molar-refractivity contribution >= 4 is 0 Å². The summed E-state index contributed by atoms with van der Waals surface area (Å²) < 4.78 is 5.04. The second-order valence-corrected chi connectivity index (χ2v) is 5.82. The lowest BCUT2D eigenvalue weighted by molar-refractivity contribution is 0.0407. The molecule has 0 aromatic carbocycles. The normalized spacial score (nSPS) is 21.3. The van der Waals surface area contributed by atoms with Crippen molar-refractivity contribution < 1.29 is 4.42 Å². The van der Waals surface area contributed by atoms with Crippen molar-refractivity contribution in [3.8, 4) is 0 Å². The van der Waals surface area contributed by atoms with Gasteiger partial charge < -0.3 is 9.73 Å². The Balaban J connectivity index is 1.65. The van der Waals surface area contributed by atoms with Gasteiger partial charge in [-0.2, -0.15) is 0 Å². The molecule has 0 bridgehead atoms. The van der Waals surface area contributed by atoms with Crippen LogP contribution in [0.1, 0.15) is 19.4 Å². The Kier molecular flexibility index (Phi) is 4.43. The minimum atomic E-state index is 0.294. The first-order valence-corrected chi connectivity index (χ1v) is 6.73. The zero-order valence-corrected chi connectivity index (χ0v) is 11.8. The molecule has 0 atom stereocenters. The van der Waals surface area contributed by atoms with Gasteiger partial charge in [0.15, 0.2) is 0 Å². The molecule has 2 heterocycles. The van der Waals surface area contributed by atoms with E-state index in [1.807, 2.05) is 6.07 Å². The molecule has 0 amide bonds. The van der Waals surface area contributed by atoms with Crippen LogP contribution in [0.25, 0.3) is 0 Å². The van der Waals surface area contributed by atoms with Gasteiger partial charge in [0.1, 0.15) is 0 Å². The molecule has 0 spiro atoms. The molecule has 1 fully saturated rings. The van der Waals surface area contributed by atoms with Gasteiger partial charge in [-0.25, -0.2) is 0 Å². The molecule has 0 aliphatic carbocycles. The van der Waals surface area contributed by atoms with Crippen molar-refractivity contribution in [2.24, 2.45) is 0 Å². The molecule has 2 rings (SSSR count). The molecule has 102 valence electrons. The predicted octanol–water partition coefficient (Wildman–Crippen LogP) is 1.40. The maximum atomic E-state index is 5.04. The second kappa shape index (κ2) is 5.87. The Bertz CT molecular complexity index is 348. The zero-order valence-electron chi connectivity index (χ0n) is 11.8. The minimum absolute atomic E-state index is 0.294. The van der Waals surface area contributed by atoms with E-state index in [9.17, 15) is 0 Å². The van der Waals surface area contributed by atoms with Crippen LogP contribution in [0.2, 0.25) is 0 Å². The SMILES string of the molecule is CN1CCN(CCNCc2ccoc2)CC1(C)C. The van der Waals surface area contributed by atoms with Gasteiger partial charge in [0.05, 0.1) is 12.5 Å². The Hall–Kier alpha value is -0.840. The van der Waals surface area contributed by atoms with Crippen molar-refractivity contribution in [1.82, 2.24) is 15.1 Å². The monoisotopic (exact) mass is 251 g/mol. The molecule has 1 aliphatic heterocycles. The maximum Gasteiger partial charge on any atom is 0.0947 e. The molecule has 4 heteroatoms. The number of piperazine rings is 1. The van der Waals surface area contributed by atoms with Crippen LogP contribution in [0.5, 0.6) is 0 Å². The molecule has 4 nitrogen and oxygen atoms in total. The summed E-state index contributed by atoms with van der Waals surface area (Å²) in [6.45, 7) is 11.2. The summed E-state index contributed by atoms with van der Waals surface area (Å²) >= 11 is 0. The van der Waals surface area contributed by atoms with Crippen LogP contribution in [0.3, 0.4) is 0 Å². The van der Waals surface area contributed by atoms with Crippen LogP contribution < -0.4 is 5.32 Å². The second-order valence-electron chi connectivity index (χ2n) is 5.82. The number of likely N-dealkylation sites (N-methyl/N-ethyl adjacent to an activating group) is 1. The van der Waals surface area contributed by atoms with E-state index in [2.05, 4.69) is 36.0 Å². The number of rotatable bonds is 5. The number of hydrogen-bond acceptors (Lipinski definition) is 4. The number of hydrogen-bond donors (Lipinski definition) is 1. The van der Waals surface area contributed by atoms with Gasteiger partial charge in [0.25, 0.3) is 0 Å². The third-order valence-corrected chi connectivity index (χ3v) is 3.91. The fraction of sp³-hybridized carbons (Fsp3) is 0.714. The van der Waals surface area contributed by atoms with E-state index in [0.29, 0.717) is 5.54 Å². The summed E-state index contributed by atoms with van der Waals surface area (Å²) in [6.07, 6.45) is 3.52. The Morgan fingerprint density at radius 2 is 2.22 bits per heavy atom. The van der Waals surface area contributed by atoms with Gasteiger partial charge in [0, 0.05) is 50.4 Å². The van der Waals surface area contributed by atoms with E-state index < -0.39 is 0 Å². The van der Waals surface area contributed by atoms with Crippen molar-refractivity contribution in [2.75, 3.05) is 39.8 Å². The molecule has 1 aliphatic rings. The smallest absolute Gasteiger partial charge is 0.0947 e. The molecule has 0 saturated carbocycles. The van der Waals surface area contributed by atoms with Gasteiger partial charge in [-0.1, -0.05) is 0 Å². The van der Waals surface area contributed by atoms with Crippen LogP contribution in [0, 0.1) is 0 Å². The topological polar surface area (TPSA) is 31.6 Å². The van der Waals surface area contributed by atoms with Gasteiger partial charge >= 0.3 is 0 Å². The number of nitrogens with zero attached hydrogens (tertiary/aromatic N) is 2. The van der Waals surface area contributed by atoms with Gasteiger partial charge in [-0.05, 0) is 27.0 Å². The molecule has 0 radical (unpaired) electrons. The molecule has 1 saturated heterocycles. The maximum absolute atomic E-state index is 5.04. The molecule has 1 N–H and O–H groups in total. The van der Waals surface area contributed by atoms with Crippen molar-refractivity contribution in [3.63, 3.8) is 0 Å². The summed E-state index contributed by atoms with van der Waals surface area (Å²) in [5.41, 5.74) is 1.51. The van der Waals surface area contributed by atoms with Crippen molar-refractivity contribution in [3.05, 3.63) is 24.2 Å². The van der Waals surface area contributed by atoms with E-state index in [1.165, 1.54) is 12.1 Å². The first-order chi connectivity index (χ1) is 8.58. The first-order valence-electron chi connectivity index (χ1n) is 6.73. The van der Waals surface area contributed by atoms with E-state index >= 15 is 0 Å². The summed E-state index contributed by atoms with van der Waals surface area (Å²) in [5.74, 6) is 0. The molecule has 0 unspecified atom stereocenters. The molecule has 18 heavy (non-hydrogen) atoms. The summed E-state index contributed by atoms with van der Waals surface area (Å²) in [6, 6.07) is 2.01. The van der Waals surface area contributed by atoms with Crippen LogP contribution in [-0.4, -0.2) is 55.1 Å². The van der Waals surface area contributed by atoms with Crippen LogP contribution in [0.4, 0.5) is 0 Å². The van der Waals surface area contributed by atoms with E-state index in [0.717, 1.165) is 32.7 Å². The van der Waals surface area contributed by atoms with Gasteiger partial charge in [-0.15, -0.1) is 0 Å². The third kappa shape index (κ3) is 3.57. The highest BCUT2D eigenvalue weighted by Crippen LogP contribution is 2.18. The molecular formula is C14H25N3O. The average Bonchev–Trinajstić information content (AvgIpc) is 2.82. The highest BCUT2D eigenvalue weighted by molar-refractivity contribution is 5.04. The standard InChI is InChI=1S/C14H25N3O/c1-14(2)12-17(8-7-16(14)3)6-5-15-10-13-4-9-18-11-13/h4,9,11,15H,5-8,10,12H2,1-3H3. The highest BCUT2D eigenvalue weighted by Gasteiger charge is 2.30. The fourth-order valence-electron chi connectivity index (χ4n) is 2.40. The first kappa shape index (κ1) is 13.6.